The number of fused-ring (bicyclic) bond motifs is 4. The van der Waals surface area contributed by atoms with Crippen LogP contribution in [0.3, 0.4) is 0 Å². The van der Waals surface area contributed by atoms with E-state index >= 15 is 0 Å². The summed E-state index contributed by atoms with van der Waals surface area (Å²) in [4.78, 5) is 28.4. The fourth-order valence-corrected chi connectivity index (χ4v) is 4.56. The number of rotatable bonds is 3. The Hall–Kier alpha value is -3.93. The van der Waals surface area contributed by atoms with Crippen molar-refractivity contribution in [1.29, 1.82) is 0 Å². The quantitative estimate of drug-likeness (QED) is 0.555. The molecule has 3 heterocycles. The Morgan fingerprint density at radius 3 is 2.90 bits per heavy atom. The first-order valence-electron chi connectivity index (χ1n) is 9.28. The number of carbonyl (C=O) groups is 2. The van der Waals surface area contributed by atoms with Gasteiger partial charge in [0, 0.05) is 0 Å². The maximum absolute atomic E-state index is 12.7. The smallest absolute Gasteiger partial charge is 0.291 e. The lowest BCUT2D eigenvalue weighted by Gasteiger charge is -2.20. The van der Waals surface area contributed by atoms with E-state index in [2.05, 4.69) is 25.4 Å². The Morgan fingerprint density at radius 1 is 1.26 bits per heavy atom. The van der Waals surface area contributed by atoms with E-state index < -0.39 is 22.0 Å². The Balaban J connectivity index is 1.40. The van der Waals surface area contributed by atoms with E-state index in [9.17, 15) is 18.0 Å². The van der Waals surface area contributed by atoms with Gasteiger partial charge in [0.15, 0.2) is 6.61 Å². The Bertz CT molecular complexity index is 1350. The van der Waals surface area contributed by atoms with Gasteiger partial charge in [-0.25, -0.2) is 13.1 Å². The molecule has 0 saturated carbocycles. The molecule has 0 fully saturated rings. The first-order chi connectivity index (χ1) is 14.8. The van der Waals surface area contributed by atoms with Crippen LogP contribution in [0.2, 0.25) is 0 Å². The fourth-order valence-electron chi connectivity index (χ4n) is 3.39. The number of aromatic nitrogens is 3. The number of carbonyl (C=O) groups excluding carboxylic acids is 2. The van der Waals surface area contributed by atoms with E-state index in [1.54, 1.807) is 43.3 Å². The van der Waals surface area contributed by atoms with Crippen molar-refractivity contribution in [2.45, 2.75) is 17.9 Å². The number of hydrogen-bond donors (Lipinski definition) is 3. The van der Waals surface area contributed by atoms with Gasteiger partial charge in [-0.3, -0.25) is 9.59 Å². The Morgan fingerprint density at radius 2 is 2.06 bits per heavy atom. The lowest BCUT2D eigenvalue weighted by Crippen LogP contribution is -2.28. The van der Waals surface area contributed by atoms with E-state index in [4.69, 9.17) is 4.74 Å². The van der Waals surface area contributed by atoms with Crippen LogP contribution >= 0.6 is 0 Å². The minimum atomic E-state index is -3.80. The molecular formula is C19H16N6O5S. The molecular weight excluding hydrogens is 424 g/mol. The third-order valence-electron chi connectivity index (χ3n) is 4.90. The van der Waals surface area contributed by atoms with Crippen molar-refractivity contribution in [2.24, 2.45) is 0 Å². The van der Waals surface area contributed by atoms with Crippen LogP contribution in [0, 0.1) is 0 Å². The molecule has 2 aliphatic rings. The normalized spacial score (nSPS) is 16.5. The number of benzene rings is 2. The summed E-state index contributed by atoms with van der Waals surface area (Å²) in [5.74, 6) is -0.529. The van der Waals surface area contributed by atoms with Crippen molar-refractivity contribution in [1.82, 2.24) is 20.1 Å². The molecule has 1 atom stereocenters. The van der Waals surface area contributed by atoms with Crippen molar-refractivity contribution in [2.75, 3.05) is 16.6 Å². The van der Waals surface area contributed by atoms with Gasteiger partial charge in [-0.1, -0.05) is 18.2 Å². The molecule has 1 aromatic heterocycles. The van der Waals surface area contributed by atoms with Crippen LogP contribution in [0.5, 0.6) is 5.75 Å². The van der Waals surface area contributed by atoms with E-state index in [0.29, 0.717) is 17.1 Å². The van der Waals surface area contributed by atoms with Crippen LogP contribution in [0.1, 0.15) is 29.1 Å². The highest BCUT2D eigenvalue weighted by atomic mass is 32.2. The summed E-state index contributed by atoms with van der Waals surface area (Å²) in [7, 11) is -3.80. The minimum Gasteiger partial charge on any atom is -0.482 e. The standard InChI is InChI=1S/C19H16N6O5S/c1-10(11-6-7-14-12(8-11)21-16(26)9-30-14)20-18(27)17-22-19-24-31(28,29)15-5-3-2-4-13(15)25(19)23-17/h2-8,10H,9H2,1H3,(H,20,27)(H,21,26)(H,22,23,24)/t10-/m0/s1. The molecule has 2 aromatic carbocycles. The second kappa shape index (κ2) is 6.80. The number of hydrogen-bond acceptors (Lipinski definition) is 7. The molecule has 0 radical (unpaired) electrons. The highest BCUT2D eigenvalue weighted by Gasteiger charge is 2.31. The van der Waals surface area contributed by atoms with Crippen molar-refractivity contribution in [3.05, 3.63) is 53.9 Å². The summed E-state index contributed by atoms with van der Waals surface area (Å²) in [5, 5.41) is 9.67. The topological polar surface area (TPSA) is 144 Å². The maximum Gasteiger partial charge on any atom is 0.291 e. The van der Waals surface area contributed by atoms with E-state index in [1.807, 2.05) is 0 Å². The van der Waals surface area contributed by atoms with Gasteiger partial charge in [0.05, 0.1) is 17.4 Å². The second-order valence-corrected chi connectivity index (χ2v) is 8.68. The summed E-state index contributed by atoms with van der Waals surface area (Å²) < 4.78 is 33.7. The predicted molar refractivity (Wildman–Crippen MR) is 109 cm³/mol. The third-order valence-corrected chi connectivity index (χ3v) is 6.28. The zero-order chi connectivity index (χ0) is 21.8. The molecule has 2 aliphatic heterocycles. The van der Waals surface area contributed by atoms with Crippen LogP contribution in [-0.2, 0) is 14.8 Å². The molecule has 158 valence electrons. The molecule has 0 saturated heterocycles. The monoisotopic (exact) mass is 440 g/mol. The number of nitrogens with one attached hydrogen (secondary N) is 3. The summed E-state index contributed by atoms with van der Waals surface area (Å²) in [6, 6.07) is 11.1. The predicted octanol–water partition coefficient (Wildman–Crippen LogP) is 1.20. The molecule has 11 nitrogen and oxygen atoms in total. The van der Waals surface area contributed by atoms with Crippen molar-refractivity contribution in [3.8, 4) is 11.4 Å². The van der Waals surface area contributed by atoms with Crippen molar-refractivity contribution in [3.63, 3.8) is 0 Å². The van der Waals surface area contributed by atoms with Gasteiger partial charge in [0.1, 0.15) is 10.6 Å². The van der Waals surface area contributed by atoms with Crippen molar-refractivity contribution >= 4 is 33.5 Å². The van der Waals surface area contributed by atoms with Gasteiger partial charge in [-0.2, -0.15) is 9.67 Å². The lowest BCUT2D eigenvalue weighted by atomic mass is 10.1. The molecule has 3 aromatic rings. The molecule has 0 bridgehead atoms. The fraction of sp³-hybridized carbons (Fsp3) is 0.158. The minimum absolute atomic E-state index is 0.0395. The Kier molecular flexibility index (Phi) is 4.18. The summed E-state index contributed by atoms with van der Waals surface area (Å²) >= 11 is 0. The van der Waals surface area contributed by atoms with Crippen LogP contribution in [0.15, 0.2) is 47.4 Å². The number of ether oxygens (including phenoxy) is 1. The van der Waals surface area contributed by atoms with Gasteiger partial charge in [0.25, 0.3) is 21.8 Å². The zero-order valence-corrected chi connectivity index (χ0v) is 16.9. The lowest BCUT2D eigenvalue weighted by molar-refractivity contribution is -0.118. The van der Waals surface area contributed by atoms with Gasteiger partial charge in [-0.05, 0) is 36.8 Å². The van der Waals surface area contributed by atoms with Crippen LogP contribution in [0.4, 0.5) is 11.6 Å². The van der Waals surface area contributed by atoms with Crippen LogP contribution in [0.25, 0.3) is 5.69 Å². The number of amides is 2. The summed E-state index contributed by atoms with van der Waals surface area (Å²) in [5.41, 5.74) is 1.56. The van der Waals surface area contributed by atoms with Crippen LogP contribution in [-0.4, -0.2) is 41.6 Å². The van der Waals surface area contributed by atoms with Gasteiger partial charge < -0.3 is 15.4 Å². The van der Waals surface area contributed by atoms with E-state index in [-0.39, 0.29) is 29.2 Å². The first-order valence-corrected chi connectivity index (χ1v) is 10.8. The molecule has 5 rings (SSSR count). The van der Waals surface area contributed by atoms with Gasteiger partial charge >= 0.3 is 0 Å². The van der Waals surface area contributed by atoms with Crippen LogP contribution < -0.4 is 20.1 Å². The third kappa shape index (κ3) is 3.26. The highest BCUT2D eigenvalue weighted by Crippen LogP contribution is 2.31. The summed E-state index contributed by atoms with van der Waals surface area (Å²) in [6.45, 7) is 1.72. The van der Waals surface area contributed by atoms with Gasteiger partial charge in [-0.15, -0.1) is 5.10 Å². The number of nitrogens with zero attached hydrogens (tertiary/aromatic N) is 3. The Labute approximate surface area is 176 Å². The molecule has 31 heavy (non-hydrogen) atoms. The highest BCUT2D eigenvalue weighted by molar-refractivity contribution is 7.92. The molecule has 3 N–H and O–H groups in total. The SMILES string of the molecule is C[C@H](NC(=O)c1nc2n(n1)-c1ccccc1S(=O)(=O)N2)c1ccc2c(c1)NC(=O)CO2. The molecule has 2 amide bonds. The van der Waals surface area contributed by atoms with E-state index in [1.165, 1.54) is 10.7 Å². The zero-order valence-electron chi connectivity index (χ0n) is 16.1. The van der Waals surface area contributed by atoms with E-state index in [0.717, 1.165) is 5.56 Å². The number of para-hydroxylation sites is 1. The molecule has 0 spiro atoms. The first kappa shape index (κ1) is 19.1. The molecule has 0 unspecified atom stereocenters. The maximum atomic E-state index is 12.7. The number of sulfonamides is 1. The average molecular weight is 440 g/mol. The van der Waals surface area contributed by atoms with Crippen molar-refractivity contribution < 1.29 is 22.7 Å². The average Bonchev–Trinajstić information content (AvgIpc) is 3.16. The second-order valence-electron chi connectivity index (χ2n) is 7.03. The molecule has 0 aliphatic carbocycles. The van der Waals surface area contributed by atoms with Gasteiger partial charge in [0.2, 0.25) is 11.8 Å². The number of anilines is 2. The molecule has 12 heteroatoms. The largest absolute Gasteiger partial charge is 0.482 e. The summed E-state index contributed by atoms with van der Waals surface area (Å²) in [6.07, 6.45) is 0.